The third-order valence-corrected chi connectivity index (χ3v) is 4.98. The Morgan fingerprint density at radius 2 is 2.00 bits per heavy atom. The minimum atomic E-state index is -0.457. The first-order valence-corrected chi connectivity index (χ1v) is 7.19. The summed E-state index contributed by atoms with van der Waals surface area (Å²) in [5.74, 6) is 0. The van der Waals surface area contributed by atoms with E-state index in [0.717, 1.165) is 32.5 Å². The lowest BCUT2D eigenvalue weighted by Gasteiger charge is -2.42. The fourth-order valence-electron chi connectivity index (χ4n) is 3.97. The third kappa shape index (κ3) is 2.38. The molecule has 2 unspecified atom stereocenters. The van der Waals surface area contributed by atoms with Gasteiger partial charge in [-0.1, -0.05) is 12.8 Å². The second-order valence-corrected chi connectivity index (χ2v) is 6.60. The molecule has 17 heavy (non-hydrogen) atoms. The van der Waals surface area contributed by atoms with Gasteiger partial charge in [-0.3, -0.25) is 4.90 Å². The number of likely N-dealkylation sites (tertiary alicyclic amines) is 1. The molecule has 2 atom stereocenters. The fourth-order valence-corrected chi connectivity index (χ4v) is 3.97. The molecule has 3 rings (SSSR count). The Bertz CT molecular complexity index is 284. The molecule has 0 aromatic heterocycles. The predicted octanol–water partition coefficient (Wildman–Crippen LogP) is 1.93. The number of β-amino-alcohol motifs (C(OH)–C–C–N with tert-alkyl or cyclic N) is 1. The summed E-state index contributed by atoms with van der Waals surface area (Å²) in [4.78, 5) is 2.50. The van der Waals surface area contributed by atoms with Gasteiger partial charge in [0, 0.05) is 25.7 Å². The Labute approximate surface area is 104 Å². The maximum Gasteiger partial charge on any atom is 0.0758 e. The molecule has 0 aromatic rings. The van der Waals surface area contributed by atoms with Gasteiger partial charge in [-0.2, -0.15) is 0 Å². The van der Waals surface area contributed by atoms with Crippen LogP contribution < -0.4 is 0 Å². The van der Waals surface area contributed by atoms with E-state index in [2.05, 4.69) is 4.90 Å². The Balaban J connectivity index is 1.64. The van der Waals surface area contributed by atoms with Crippen molar-refractivity contribution in [3.63, 3.8) is 0 Å². The van der Waals surface area contributed by atoms with Crippen LogP contribution in [0.5, 0.6) is 0 Å². The lowest BCUT2D eigenvalue weighted by atomic mass is 9.88. The fraction of sp³-hybridized carbons (Fsp3) is 1.00. The summed E-state index contributed by atoms with van der Waals surface area (Å²) in [6, 6.07) is 0.649. The van der Waals surface area contributed by atoms with E-state index in [1.165, 1.54) is 32.1 Å². The number of hydrogen-bond acceptors (Lipinski definition) is 3. The predicted molar refractivity (Wildman–Crippen MR) is 67.0 cm³/mol. The summed E-state index contributed by atoms with van der Waals surface area (Å²) in [7, 11) is 0. The average Bonchev–Trinajstić information content (AvgIpc) is 2.86. The smallest absolute Gasteiger partial charge is 0.0758 e. The van der Waals surface area contributed by atoms with Crippen LogP contribution >= 0.6 is 0 Å². The molecule has 2 saturated heterocycles. The first kappa shape index (κ1) is 11.9. The van der Waals surface area contributed by atoms with E-state index in [0.29, 0.717) is 6.04 Å². The summed E-state index contributed by atoms with van der Waals surface area (Å²) in [5.41, 5.74) is -0.251. The average molecular weight is 239 g/mol. The van der Waals surface area contributed by atoms with Gasteiger partial charge in [0.05, 0.1) is 11.2 Å². The number of hydrogen-bond donors (Lipinski definition) is 1. The van der Waals surface area contributed by atoms with E-state index in [9.17, 15) is 5.11 Å². The molecule has 1 spiro atoms. The molecule has 98 valence electrons. The summed E-state index contributed by atoms with van der Waals surface area (Å²) < 4.78 is 6.08. The SMILES string of the molecule is CC1(O)CCN(C2CCOC3(CCCC3)C2)C1. The summed E-state index contributed by atoms with van der Waals surface area (Å²) >= 11 is 0. The highest BCUT2D eigenvalue weighted by Gasteiger charge is 2.44. The standard InChI is InChI=1S/C14H25NO2/c1-13(16)7-8-15(11-13)12-4-9-17-14(10-12)5-2-3-6-14/h12,16H,2-11H2,1H3. The lowest BCUT2D eigenvalue weighted by Crippen LogP contribution is -2.47. The highest BCUT2D eigenvalue weighted by atomic mass is 16.5. The van der Waals surface area contributed by atoms with Gasteiger partial charge in [-0.05, 0) is 39.0 Å². The molecule has 0 bridgehead atoms. The Morgan fingerprint density at radius 1 is 1.24 bits per heavy atom. The molecule has 1 N–H and O–H groups in total. The van der Waals surface area contributed by atoms with Crippen LogP contribution in [0.25, 0.3) is 0 Å². The molecular formula is C14H25NO2. The van der Waals surface area contributed by atoms with Gasteiger partial charge in [-0.15, -0.1) is 0 Å². The zero-order valence-corrected chi connectivity index (χ0v) is 11.0. The quantitative estimate of drug-likeness (QED) is 0.759. The van der Waals surface area contributed by atoms with Crippen LogP contribution in [-0.2, 0) is 4.74 Å². The van der Waals surface area contributed by atoms with Crippen LogP contribution in [0, 0.1) is 0 Å². The van der Waals surface area contributed by atoms with Gasteiger partial charge >= 0.3 is 0 Å². The van der Waals surface area contributed by atoms with Gasteiger partial charge in [0.2, 0.25) is 0 Å². The third-order valence-electron chi connectivity index (χ3n) is 4.98. The minimum absolute atomic E-state index is 0.206. The monoisotopic (exact) mass is 239 g/mol. The molecule has 2 aliphatic heterocycles. The Kier molecular flexibility index (Phi) is 2.96. The molecule has 3 nitrogen and oxygen atoms in total. The highest BCUT2D eigenvalue weighted by molar-refractivity contribution is 4.97. The van der Waals surface area contributed by atoms with Crippen LogP contribution in [0.2, 0.25) is 0 Å². The Morgan fingerprint density at radius 3 is 2.65 bits per heavy atom. The summed E-state index contributed by atoms with van der Waals surface area (Å²) in [6.45, 7) is 4.81. The van der Waals surface area contributed by atoms with Gasteiger partial charge in [0.15, 0.2) is 0 Å². The van der Waals surface area contributed by atoms with E-state index in [4.69, 9.17) is 4.74 Å². The number of nitrogens with zero attached hydrogens (tertiary/aromatic N) is 1. The zero-order chi connectivity index (χ0) is 11.9. The second-order valence-electron chi connectivity index (χ2n) is 6.60. The van der Waals surface area contributed by atoms with Crippen molar-refractivity contribution in [3.8, 4) is 0 Å². The molecule has 0 aromatic carbocycles. The molecule has 3 aliphatic rings. The van der Waals surface area contributed by atoms with Gasteiger partial charge in [-0.25, -0.2) is 0 Å². The number of rotatable bonds is 1. The van der Waals surface area contributed by atoms with Crippen molar-refractivity contribution in [2.45, 2.75) is 69.1 Å². The molecule has 0 radical (unpaired) electrons. The molecule has 1 aliphatic carbocycles. The molecular weight excluding hydrogens is 214 g/mol. The van der Waals surface area contributed by atoms with Gasteiger partial charge in [0.1, 0.15) is 0 Å². The summed E-state index contributed by atoms with van der Waals surface area (Å²) in [6.07, 6.45) is 8.47. The lowest BCUT2D eigenvalue weighted by molar-refractivity contribution is -0.101. The van der Waals surface area contributed by atoms with Crippen molar-refractivity contribution >= 4 is 0 Å². The van der Waals surface area contributed by atoms with Crippen molar-refractivity contribution < 1.29 is 9.84 Å². The zero-order valence-electron chi connectivity index (χ0n) is 11.0. The maximum absolute atomic E-state index is 10.1. The van der Waals surface area contributed by atoms with Crippen molar-refractivity contribution in [1.29, 1.82) is 0 Å². The maximum atomic E-state index is 10.1. The normalized spacial score (nSPS) is 42.4. The second kappa shape index (κ2) is 4.22. The van der Waals surface area contributed by atoms with Crippen molar-refractivity contribution in [2.24, 2.45) is 0 Å². The van der Waals surface area contributed by atoms with E-state index >= 15 is 0 Å². The minimum Gasteiger partial charge on any atom is -0.389 e. The van der Waals surface area contributed by atoms with Crippen molar-refractivity contribution in [2.75, 3.05) is 19.7 Å². The van der Waals surface area contributed by atoms with Gasteiger partial charge in [0.25, 0.3) is 0 Å². The number of ether oxygens (including phenoxy) is 1. The molecule has 2 heterocycles. The largest absolute Gasteiger partial charge is 0.389 e. The Hall–Kier alpha value is -0.120. The van der Waals surface area contributed by atoms with Crippen LogP contribution in [0.3, 0.4) is 0 Å². The van der Waals surface area contributed by atoms with E-state index in [1.54, 1.807) is 0 Å². The summed E-state index contributed by atoms with van der Waals surface area (Å²) in [5, 5.41) is 10.1. The molecule has 3 heteroatoms. The van der Waals surface area contributed by atoms with Gasteiger partial charge < -0.3 is 9.84 Å². The van der Waals surface area contributed by atoms with Crippen LogP contribution in [0.4, 0.5) is 0 Å². The van der Waals surface area contributed by atoms with E-state index in [-0.39, 0.29) is 5.60 Å². The van der Waals surface area contributed by atoms with Crippen LogP contribution in [-0.4, -0.2) is 46.9 Å². The highest BCUT2D eigenvalue weighted by Crippen LogP contribution is 2.42. The van der Waals surface area contributed by atoms with Crippen LogP contribution in [0.15, 0.2) is 0 Å². The van der Waals surface area contributed by atoms with Crippen LogP contribution in [0.1, 0.15) is 51.9 Å². The van der Waals surface area contributed by atoms with Crippen molar-refractivity contribution in [1.82, 2.24) is 4.90 Å². The first-order valence-electron chi connectivity index (χ1n) is 7.19. The van der Waals surface area contributed by atoms with E-state index in [1.807, 2.05) is 6.92 Å². The molecule has 0 amide bonds. The number of aliphatic hydroxyl groups is 1. The topological polar surface area (TPSA) is 32.7 Å². The van der Waals surface area contributed by atoms with E-state index < -0.39 is 5.60 Å². The van der Waals surface area contributed by atoms with Crippen molar-refractivity contribution in [3.05, 3.63) is 0 Å². The first-order chi connectivity index (χ1) is 8.09. The molecule has 3 fully saturated rings. The molecule has 1 saturated carbocycles.